The van der Waals surface area contributed by atoms with Crippen LogP contribution in [0, 0.1) is 11.8 Å². The first-order valence-corrected chi connectivity index (χ1v) is 7.66. The van der Waals surface area contributed by atoms with E-state index in [0.29, 0.717) is 25.0 Å². The van der Waals surface area contributed by atoms with Crippen molar-refractivity contribution in [3.63, 3.8) is 0 Å². The second-order valence-electron chi connectivity index (χ2n) is 5.45. The fraction of sp³-hybridized carbons (Fsp3) is 0.600. The summed E-state index contributed by atoms with van der Waals surface area (Å²) < 4.78 is 12.2. The van der Waals surface area contributed by atoms with Crippen LogP contribution in [0.15, 0.2) is 16.6 Å². The van der Waals surface area contributed by atoms with Crippen molar-refractivity contribution in [2.24, 2.45) is 11.8 Å². The SMILES string of the molecule is CC(C)C(C)CNCc1cc(Br)c2c(c1)OCCO2. The molecule has 0 fully saturated rings. The summed E-state index contributed by atoms with van der Waals surface area (Å²) in [6, 6.07) is 4.16. The predicted octanol–water partition coefficient (Wildman–Crippen LogP) is 3.60. The van der Waals surface area contributed by atoms with Gasteiger partial charge >= 0.3 is 0 Å². The van der Waals surface area contributed by atoms with E-state index in [1.807, 2.05) is 0 Å². The topological polar surface area (TPSA) is 30.5 Å². The summed E-state index contributed by atoms with van der Waals surface area (Å²) in [5, 5.41) is 3.50. The number of halogens is 1. The highest BCUT2D eigenvalue weighted by Gasteiger charge is 2.16. The van der Waals surface area contributed by atoms with E-state index in [1.165, 1.54) is 5.56 Å². The highest BCUT2D eigenvalue weighted by atomic mass is 79.9. The molecule has 19 heavy (non-hydrogen) atoms. The van der Waals surface area contributed by atoms with Crippen molar-refractivity contribution in [3.8, 4) is 11.5 Å². The van der Waals surface area contributed by atoms with Crippen LogP contribution in [0.2, 0.25) is 0 Å². The van der Waals surface area contributed by atoms with E-state index in [-0.39, 0.29) is 0 Å². The number of hydrogen-bond acceptors (Lipinski definition) is 3. The molecule has 0 bridgehead atoms. The first kappa shape index (κ1) is 14.7. The zero-order valence-electron chi connectivity index (χ0n) is 11.8. The lowest BCUT2D eigenvalue weighted by molar-refractivity contribution is 0.170. The van der Waals surface area contributed by atoms with Crippen LogP contribution in [-0.2, 0) is 6.54 Å². The summed E-state index contributed by atoms with van der Waals surface area (Å²) in [5.74, 6) is 3.06. The lowest BCUT2D eigenvalue weighted by Crippen LogP contribution is -2.24. The number of hydrogen-bond donors (Lipinski definition) is 1. The maximum atomic E-state index is 5.63. The molecular weight excluding hydrogens is 306 g/mol. The van der Waals surface area contributed by atoms with Crippen molar-refractivity contribution in [2.45, 2.75) is 27.3 Å². The maximum Gasteiger partial charge on any atom is 0.175 e. The molecule has 1 aromatic rings. The second kappa shape index (κ2) is 6.62. The van der Waals surface area contributed by atoms with E-state index in [2.05, 4.69) is 54.2 Å². The first-order chi connectivity index (χ1) is 9.08. The van der Waals surface area contributed by atoms with E-state index in [0.717, 1.165) is 29.1 Å². The van der Waals surface area contributed by atoms with Crippen LogP contribution in [0.3, 0.4) is 0 Å². The summed E-state index contributed by atoms with van der Waals surface area (Å²) in [6.07, 6.45) is 0. The van der Waals surface area contributed by atoms with Gasteiger partial charge in [0.1, 0.15) is 13.2 Å². The van der Waals surface area contributed by atoms with Crippen molar-refractivity contribution < 1.29 is 9.47 Å². The molecule has 0 spiro atoms. The monoisotopic (exact) mass is 327 g/mol. The third-order valence-electron chi connectivity index (χ3n) is 3.59. The molecular formula is C15H22BrNO2. The minimum atomic E-state index is 0.620. The zero-order valence-corrected chi connectivity index (χ0v) is 13.4. The van der Waals surface area contributed by atoms with Gasteiger partial charge in [0.05, 0.1) is 4.47 Å². The Labute approximate surface area is 123 Å². The molecule has 1 heterocycles. The van der Waals surface area contributed by atoms with Gasteiger partial charge < -0.3 is 14.8 Å². The van der Waals surface area contributed by atoms with Crippen LogP contribution in [-0.4, -0.2) is 19.8 Å². The fourth-order valence-corrected chi connectivity index (χ4v) is 2.55. The van der Waals surface area contributed by atoms with Gasteiger partial charge in [-0.1, -0.05) is 20.8 Å². The van der Waals surface area contributed by atoms with Crippen molar-refractivity contribution >= 4 is 15.9 Å². The van der Waals surface area contributed by atoms with Crippen LogP contribution in [0.25, 0.3) is 0 Å². The van der Waals surface area contributed by atoms with Gasteiger partial charge in [-0.15, -0.1) is 0 Å². The Kier molecular flexibility index (Phi) is 5.11. The normalized spacial score (nSPS) is 15.6. The van der Waals surface area contributed by atoms with E-state index in [4.69, 9.17) is 9.47 Å². The van der Waals surface area contributed by atoms with Gasteiger partial charge in [-0.3, -0.25) is 0 Å². The molecule has 0 aliphatic carbocycles. The molecule has 1 atom stereocenters. The smallest absolute Gasteiger partial charge is 0.175 e. The lowest BCUT2D eigenvalue weighted by Gasteiger charge is -2.21. The summed E-state index contributed by atoms with van der Waals surface area (Å²) in [4.78, 5) is 0. The summed E-state index contributed by atoms with van der Waals surface area (Å²) in [6.45, 7) is 9.92. The van der Waals surface area contributed by atoms with Gasteiger partial charge in [-0.05, 0) is 52.0 Å². The number of benzene rings is 1. The Morgan fingerprint density at radius 2 is 1.95 bits per heavy atom. The Balaban J connectivity index is 1.96. The number of nitrogens with one attached hydrogen (secondary N) is 1. The van der Waals surface area contributed by atoms with Crippen LogP contribution >= 0.6 is 15.9 Å². The molecule has 1 unspecified atom stereocenters. The molecule has 106 valence electrons. The third kappa shape index (κ3) is 3.86. The standard InChI is InChI=1S/C15H22BrNO2/c1-10(2)11(3)8-17-9-12-6-13(16)15-14(7-12)18-4-5-19-15/h6-7,10-11,17H,4-5,8-9H2,1-3H3. The molecule has 3 nitrogen and oxygen atoms in total. The van der Waals surface area contributed by atoms with E-state index in [9.17, 15) is 0 Å². The van der Waals surface area contributed by atoms with Crippen molar-refractivity contribution in [3.05, 3.63) is 22.2 Å². The minimum Gasteiger partial charge on any atom is -0.486 e. The number of fused-ring (bicyclic) bond motifs is 1. The Hall–Kier alpha value is -0.740. The molecule has 0 saturated carbocycles. The molecule has 1 N–H and O–H groups in total. The zero-order chi connectivity index (χ0) is 13.8. The molecule has 1 aliphatic heterocycles. The molecule has 4 heteroatoms. The molecule has 0 saturated heterocycles. The molecule has 1 aliphatic rings. The lowest BCUT2D eigenvalue weighted by atomic mass is 9.98. The summed E-state index contributed by atoms with van der Waals surface area (Å²) >= 11 is 3.54. The fourth-order valence-electron chi connectivity index (χ4n) is 1.95. The quantitative estimate of drug-likeness (QED) is 0.896. The average Bonchev–Trinajstić information content (AvgIpc) is 2.38. The third-order valence-corrected chi connectivity index (χ3v) is 4.18. The average molecular weight is 328 g/mol. The van der Waals surface area contributed by atoms with E-state index in [1.54, 1.807) is 0 Å². The molecule has 0 amide bonds. The van der Waals surface area contributed by atoms with Gasteiger partial charge in [0, 0.05) is 6.54 Å². The van der Waals surface area contributed by atoms with Crippen molar-refractivity contribution in [1.29, 1.82) is 0 Å². The van der Waals surface area contributed by atoms with Gasteiger partial charge in [0.15, 0.2) is 11.5 Å². The van der Waals surface area contributed by atoms with E-state index >= 15 is 0 Å². The van der Waals surface area contributed by atoms with Crippen LogP contribution < -0.4 is 14.8 Å². The Morgan fingerprint density at radius 1 is 1.21 bits per heavy atom. The van der Waals surface area contributed by atoms with Gasteiger partial charge in [-0.25, -0.2) is 0 Å². The van der Waals surface area contributed by atoms with Gasteiger partial charge in [0.2, 0.25) is 0 Å². The first-order valence-electron chi connectivity index (χ1n) is 6.86. The summed E-state index contributed by atoms with van der Waals surface area (Å²) in [7, 11) is 0. The van der Waals surface area contributed by atoms with Crippen LogP contribution in [0.4, 0.5) is 0 Å². The van der Waals surface area contributed by atoms with Crippen molar-refractivity contribution in [2.75, 3.05) is 19.8 Å². The second-order valence-corrected chi connectivity index (χ2v) is 6.31. The highest BCUT2D eigenvalue weighted by molar-refractivity contribution is 9.10. The maximum absolute atomic E-state index is 5.63. The largest absolute Gasteiger partial charge is 0.486 e. The molecule has 0 radical (unpaired) electrons. The number of ether oxygens (including phenoxy) is 2. The number of rotatable bonds is 5. The van der Waals surface area contributed by atoms with E-state index < -0.39 is 0 Å². The summed E-state index contributed by atoms with van der Waals surface area (Å²) in [5.41, 5.74) is 1.21. The van der Waals surface area contributed by atoms with Gasteiger partial charge in [0.25, 0.3) is 0 Å². The Bertz CT molecular complexity index is 434. The van der Waals surface area contributed by atoms with Crippen LogP contribution in [0.5, 0.6) is 11.5 Å². The van der Waals surface area contributed by atoms with Crippen LogP contribution in [0.1, 0.15) is 26.3 Å². The molecule has 2 rings (SSSR count). The molecule has 0 aromatic heterocycles. The predicted molar refractivity (Wildman–Crippen MR) is 80.8 cm³/mol. The van der Waals surface area contributed by atoms with Gasteiger partial charge in [-0.2, -0.15) is 0 Å². The van der Waals surface area contributed by atoms with Crippen molar-refractivity contribution in [1.82, 2.24) is 5.32 Å². The Morgan fingerprint density at radius 3 is 2.68 bits per heavy atom. The highest BCUT2D eigenvalue weighted by Crippen LogP contribution is 2.38. The minimum absolute atomic E-state index is 0.620. The molecule has 1 aromatic carbocycles.